The number of carbonyl (C=O) groups excluding carboxylic acids is 1. The van der Waals surface area contributed by atoms with Gasteiger partial charge in [0.2, 0.25) is 0 Å². The summed E-state index contributed by atoms with van der Waals surface area (Å²) in [6.45, 7) is 2.03. The molecule has 0 aromatic heterocycles. The molecule has 1 aliphatic heterocycles. The van der Waals surface area contributed by atoms with Crippen molar-refractivity contribution < 1.29 is 14.3 Å². The number of benzene rings is 1. The zero-order valence-electron chi connectivity index (χ0n) is 10.4. The van der Waals surface area contributed by atoms with Gasteiger partial charge in [-0.2, -0.15) is 5.26 Å². The lowest BCUT2D eigenvalue weighted by molar-refractivity contribution is -0.120. The van der Waals surface area contributed by atoms with Crippen molar-refractivity contribution in [1.29, 1.82) is 5.26 Å². The number of allylic oxidation sites excluding steroid dienone is 1. The summed E-state index contributed by atoms with van der Waals surface area (Å²) in [6.07, 6.45) is -0.199. The monoisotopic (exact) mass is 259 g/mol. The molecule has 0 spiro atoms. The molecule has 0 fully saturated rings. The number of amides is 1. The third-order valence-corrected chi connectivity index (χ3v) is 2.49. The number of hydrogen-bond donors (Lipinski definition) is 2. The van der Waals surface area contributed by atoms with E-state index in [1.807, 2.05) is 18.2 Å². The molecule has 0 saturated heterocycles. The Morgan fingerprint density at radius 3 is 2.84 bits per heavy atom. The van der Waals surface area contributed by atoms with Crippen LogP contribution in [0.1, 0.15) is 13.3 Å². The lowest BCUT2D eigenvalue weighted by Gasteiger charge is -2.22. The van der Waals surface area contributed by atoms with Crippen LogP contribution < -0.4 is 20.3 Å². The first kappa shape index (κ1) is 12.8. The van der Waals surface area contributed by atoms with Gasteiger partial charge in [-0.3, -0.25) is 15.6 Å². The molecule has 0 aliphatic carbocycles. The maximum Gasteiger partial charge on any atom is 0.252 e. The maximum atomic E-state index is 11.1. The minimum atomic E-state index is -0.403. The van der Waals surface area contributed by atoms with Crippen LogP contribution in [0.25, 0.3) is 0 Å². The molecule has 2 rings (SSSR count). The Morgan fingerprint density at radius 1 is 1.37 bits per heavy atom. The summed E-state index contributed by atoms with van der Waals surface area (Å²) >= 11 is 0. The molecule has 0 unspecified atom stereocenters. The van der Waals surface area contributed by atoms with Gasteiger partial charge in [0, 0.05) is 0 Å². The molecule has 0 bridgehead atoms. The summed E-state index contributed by atoms with van der Waals surface area (Å²) in [5, 5.41) is 8.36. The molecule has 6 heteroatoms. The molecule has 0 radical (unpaired) electrons. The number of carbonyl (C=O) groups is 1. The van der Waals surface area contributed by atoms with Gasteiger partial charge >= 0.3 is 0 Å². The van der Waals surface area contributed by atoms with E-state index in [-0.39, 0.29) is 13.0 Å². The van der Waals surface area contributed by atoms with Crippen molar-refractivity contribution in [2.75, 3.05) is 6.61 Å². The van der Waals surface area contributed by atoms with Crippen LogP contribution in [0.5, 0.6) is 11.5 Å². The Morgan fingerprint density at radius 2 is 2.11 bits per heavy atom. The highest BCUT2D eigenvalue weighted by atomic mass is 16.6. The van der Waals surface area contributed by atoms with E-state index < -0.39 is 5.91 Å². The predicted molar refractivity (Wildman–Crippen MR) is 66.8 cm³/mol. The topological polar surface area (TPSA) is 83.4 Å². The fraction of sp³-hybridized carbons (Fsp3) is 0.231. The molecule has 19 heavy (non-hydrogen) atoms. The molecular weight excluding hydrogens is 246 g/mol. The summed E-state index contributed by atoms with van der Waals surface area (Å²) in [5.41, 5.74) is 5.72. The Labute approximate surface area is 110 Å². The molecule has 0 atom stereocenters. The molecule has 6 nitrogen and oxygen atoms in total. The summed E-state index contributed by atoms with van der Waals surface area (Å²) in [6, 6.07) is 9.10. The van der Waals surface area contributed by atoms with Crippen molar-refractivity contribution in [3.63, 3.8) is 0 Å². The number of ether oxygens (including phenoxy) is 2. The summed E-state index contributed by atoms with van der Waals surface area (Å²) in [5.74, 6) is 1.50. The summed E-state index contributed by atoms with van der Waals surface area (Å²) in [4.78, 5) is 11.1. The Hall–Kier alpha value is -2.68. The normalized spacial score (nSPS) is 15.2. The minimum Gasteiger partial charge on any atom is -0.482 e. The minimum absolute atomic E-state index is 0.199. The molecular formula is C13H13N3O3. The lowest BCUT2D eigenvalue weighted by Crippen LogP contribution is -2.37. The molecule has 2 N–H and O–H groups in total. The fourth-order valence-electron chi connectivity index (χ4n) is 1.49. The highest BCUT2D eigenvalue weighted by Crippen LogP contribution is 2.32. The highest BCUT2D eigenvalue weighted by molar-refractivity contribution is 5.77. The molecule has 98 valence electrons. The number of nitriles is 1. The zero-order valence-corrected chi connectivity index (χ0v) is 10.4. The summed E-state index contributed by atoms with van der Waals surface area (Å²) < 4.78 is 11.2. The summed E-state index contributed by atoms with van der Waals surface area (Å²) in [7, 11) is 0. The van der Waals surface area contributed by atoms with Crippen molar-refractivity contribution in [3.8, 4) is 17.6 Å². The number of hydrazine groups is 1. The van der Waals surface area contributed by atoms with E-state index in [4.69, 9.17) is 14.7 Å². The first-order valence-corrected chi connectivity index (χ1v) is 5.72. The standard InChI is InChI=1S/C13H13N3O3/c1-9(15-16-13(17)6-7-14)12-8-18-10-4-2-3-5-11(10)19-12/h2-5,15H,6,8H2,1H3,(H,16,17)/b12-9+. The van der Waals surface area contributed by atoms with Crippen molar-refractivity contribution in [1.82, 2.24) is 10.9 Å². The average molecular weight is 259 g/mol. The van der Waals surface area contributed by atoms with Crippen LogP contribution in [0.15, 0.2) is 35.7 Å². The van der Waals surface area contributed by atoms with Crippen molar-refractivity contribution >= 4 is 5.91 Å². The molecule has 0 saturated carbocycles. The number of para-hydroxylation sites is 2. The Balaban J connectivity index is 2.00. The predicted octanol–water partition coefficient (Wildman–Crippen LogP) is 1.22. The zero-order chi connectivity index (χ0) is 13.7. The van der Waals surface area contributed by atoms with Crippen LogP contribution in [0.3, 0.4) is 0 Å². The van der Waals surface area contributed by atoms with E-state index in [9.17, 15) is 4.79 Å². The number of hydrogen-bond acceptors (Lipinski definition) is 5. The van der Waals surface area contributed by atoms with Gasteiger partial charge in [-0.15, -0.1) is 0 Å². The second-order valence-electron chi connectivity index (χ2n) is 3.89. The number of fused-ring (bicyclic) bond motifs is 1. The SMILES string of the molecule is C/C(NNC(=O)CC#N)=C1/COc2ccccc2O1. The first-order chi connectivity index (χ1) is 9.20. The second kappa shape index (κ2) is 5.78. The maximum absolute atomic E-state index is 11.1. The van der Waals surface area contributed by atoms with Crippen molar-refractivity contribution in [2.24, 2.45) is 0 Å². The number of nitrogens with one attached hydrogen (secondary N) is 2. The second-order valence-corrected chi connectivity index (χ2v) is 3.89. The quantitative estimate of drug-likeness (QED) is 0.797. The van der Waals surface area contributed by atoms with Crippen LogP contribution in [-0.4, -0.2) is 12.5 Å². The van der Waals surface area contributed by atoms with E-state index in [1.165, 1.54) is 0 Å². The fourth-order valence-corrected chi connectivity index (χ4v) is 1.49. The Bertz CT molecular complexity index is 560. The average Bonchev–Trinajstić information content (AvgIpc) is 2.44. The van der Waals surface area contributed by atoms with E-state index in [0.717, 1.165) is 0 Å². The third-order valence-electron chi connectivity index (χ3n) is 2.49. The van der Waals surface area contributed by atoms with Gasteiger partial charge in [0.05, 0.1) is 11.8 Å². The molecule has 1 heterocycles. The van der Waals surface area contributed by atoms with E-state index in [0.29, 0.717) is 23.0 Å². The number of nitrogens with zero attached hydrogens (tertiary/aromatic N) is 1. The largest absolute Gasteiger partial charge is 0.482 e. The van der Waals surface area contributed by atoms with E-state index >= 15 is 0 Å². The number of rotatable bonds is 3. The molecule has 1 aliphatic rings. The van der Waals surface area contributed by atoms with Crippen LogP contribution >= 0.6 is 0 Å². The van der Waals surface area contributed by atoms with Gasteiger partial charge in [-0.05, 0) is 19.1 Å². The van der Waals surface area contributed by atoms with Gasteiger partial charge in [0.25, 0.3) is 5.91 Å². The van der Waals surface area contributed by atoms with Crippen LogP contribution in [0.4, 0.5) is 0 Å². The van der Waals surface area contributed by atoms with Crippen molar-refractivity contribution in [3.05, 3.63) is 35.7 Å². The first-order valence-electron chi connectivity index (χ1n) is 5.72. The lowest BCUT2D eigenvalue weighted by atomic mass is 10.3. The van der Waals surface area contributed by atoms with Crippen LogP contribution in [-0.2, 0) is 4.79 Å². The third kappa shape index (κ3) is 3.16. The molecule has 1 aromatic carbocycles. The Kier molecular flexibility index (Phi) is 3.88. The smallest absolute Gasteiger partial charge is 0.252 e. The van der Waals surface area contributed by atoms with Gasteiger partial charge in [0.1, 0.15) is 13.0 Å². The van der Waals surface area contributed by atoms with Crippen LogP contribution in [0.2, 0.25) is 0 Å². The van der Waals surface area contributed by atoms with Gasteiger partial charge in [-0.25, -0.2) is 0 Å². The van der Waals surface area contributed by atoms with Crippen LogP contribution in [0, 0.1) is 11.3 Å². The highest BCUT2D eigenvalue weighted by Gasteiger charge is 2.17. The van der Waals surface area contributed by atoms with E-state index in [2.05, 4.69) is 10.9 Å². The molecule has 1 amide bonds. The van der Waals surface area contributed by atoms with Crippen molar-refractivity contribution in [2.45, 2.75) is 13.3 Å². The van der Waals surface area contributed by atoms with Gasteiger partial charge < -0.3 is 9.47 Å². The van der Waals surface area contributed by atoms with E-state index in [1.54, 1.807) is 19.1 Å². The van der Waals surface area contributed by atoms with Gasteiger partial charge in [0.15, 0.2) is 17.3 Å². The van der Waals surface area contributed by atoms with Gasteiger partial charge in [-0.1, -0.05) is 12.1 Å². The molecule has 1 aromatic rings.